The summed E-state index contributed by atoms with van der Waals surface area (Å²) in [4.78, 5) is 18.9. The van der Waals surface area contributed by atoms with E-state index in [9.17, 15) is 4.79 Å². The van der Waals surface area contributed by atoms with Crippen molar-refractivity contribution in [1.29, 1.82) is 0 Å². The van der Waals surface area contributed by atoms with Gasteiger partial charge in [0.15, 0.2) is 16.7 Å². The van der Waals surface area contributed by atoms with Crippen LogP contribution in [0.5, 0.6) is 11.5 Å². The van der Waals surface area contributed by atoms with Crippen LogP contribution in [0.25, 0.3) is 0 Å². The Kier molecular flexibility index (Phi) is 4.34. The lowest BCUT2D eigenvalue weighted by Gasteiger charge is -2.27. The molecule has 0 saturated heterocycles. The van der Waals surface area contributed by atoms with Gasteiger partial charge in [0.1, 0.15) is 12.7 Å². The predicted molar refractivity (Wildman–Crippen MR) is 93.3 cm³/mol. The van der Waals surface area contributed by atoms with Crippen molar-refractivity contribution in [2.75, 3.05) is 26.2 Å². The topological polar surface area (TPSA) is 63.2 Å². The molecule has 0 saturated carbocycles. The Hall–Kier alpha value is -2.15. The van der Waals surface area contributed by atoms with E-state index in [1.807, 2.05) is 29.7 Å². The first kappa shape index (κ1) is 15.4. The molecular formula is C17H19N3O3S. The van der Waals surface area contributed by atoms with Crippen LogP contribution in [0.15, 0.2) is 40.4 Å². The second-order valence-electron chi connectivity index (χ2n) is 5.87. The quantitative estimate of drug-likeness (QED) is 0.904. The molecule has 3 aliphatic rings. The van der Waals surface area contributed by atoms with E-state index in [2.05, 4.69) is 15.2 Å². The molecule has 0 bridgehead atoms. The molecule has 0 unspecified atom stereocenters. The number of carbonyl (C=O) groups excluding carboxylic acids is 1. The van der Waals surface area contributed by atoms with Crippen molar-refractivity contribution in [3.05, 3.63) is 35.4 Å². The van der Waals surface area contributed by atoms with E-state index in [-0.39, 0.29) is 12.0 Å². The maximum Gasteiger partial charge on any atom is 0.226 e. The Balaban J connectivity index is 1.27. The van der Waals surface area contributed by atoms with Gasteiger partial charge in [0, 0.05) is 18.8 Å². The van der Waals surface area contributed by atoms with Gasteiger partial charge in [0.2, 0.25) is 5.91 Å². The van der Waals surface area contributed by atoms with E-state index in [1.165, 1.54) is 0 Å². The molecule has 0 spiro atoms. The Labute approximate surface area is 144 Å². The number of rotatable bonds is 4. The van der Waals surface area contributed by atoms with Gasteiger partial charge < -0.3 is 19.7 Å². The lowest BCUT2D eigenvalue weighted by Crippen LogP contribution is -2.41. The van der Waals surface area contributed by atoms with Crippen molar-refractivity contribution >= 4 is 22.8 Å². The van der Waals surface area contributed by atoms with Crippen LogP contribution >= 0.6 is 11.8 Å². The van der Waals surface area contributed by atoms with E-state index in [4.69, 9.17) is 9.47 Å². The minimum absolute atomic E-state index is 0.00358. The van der Waals surface area contributed by atoms with Gasteiger partial charge in [0.25, 0.3) is 0 Å². The van der Waals surface area contributed by atoms with Crippen molar-refractivity contribution in [2.24, 2.45) is 4.99 Å². The SMILES string of the molecule is O=C(CC1=CSC2=NCCCN12)NC[C@@H]1COc2ccccc2O1. The lowest BCUT2D eigenvalue weighted by atomic mass is 10.2. The minimum Gasteiger partial charge on any atom is -0.486 e. The predicted octanol–water partition coefficient (Wildman–Crippen LogP) is 1.98. The molecule has 1 aromatic rings. The fraction of sp³-hybridized carbons (Fsp3) is 0.412. The summed E-state index contributed by atoms with van der Waals surface area (Å²) in [5.41, 5.74) is 1.03. The fourth-order valence-electron chi connectivity index (χ4n) is 2.89. The van der Waals surface area contributed by atoms with Crippen molar-refractivity contribution < 1.29 is 14.3 Å². The van der Waals surface area contributed by atoms with E-state index < -0.39 is 0 Å². The third kappa shape index (κ3) is 3.21. The number of para-hydroxylation sites is 2. The van der Waals surface area contributed by atoms with Crippen LogP contribution in [0.1, 0.15) is 12.8 Å². The summed E-state index contributed by atoms with van der Waals surface area (Å²) in [7, 11) is 0. The van der Waals surface area contributed by atoms with Gasteiger partial charge in [-0.05, 0) is 24.0 Å². The highest BCUT2D eigenvalue weighted by Crippen LogP contribution is 2.31. The van der Waals surface area contributed by atoms with Gasteiger partial charge in [-0.1, -0.05) is 23.9 Å². The van der Waals surface area contributed by atoms with Crippen LogP contribution in [0.3, 0.4) is 0 Å². The number of ether oxygens (including phenoxy) is 2. The molecule has 1 N–H and O–H groups in total. The number of hydrogen-bond donors (Lipinski definition) is 1. The molecule has 3 aliphatic heterocycles. The average Bonchev–Trinajstić information content (AvgIpc) is 3.03. The van der Waals surface area contributed by atoms with Gasteiger partial charge in [0.05, 0.1) is 13.0 Å². The summed E-state index contributed by atoms with van der Waals surface area (Å²) in [5.74, 6) is 1.48. The molecule has 1 atom stereocenters. The lowest BCUT2D eigenvalue weighted by molar-refractivity contribution is -0.121. The Morgan fingerprint density at radius 3 is 3.17 bits per heavy atom. The summed E-state index contributed by atoms with van der Waals surface area (Å²) < 4.78 is 11.5. The normalized spacial score (nSPS) is 21.7. The molecule has 0 fully saturated rings. The standard InChI is InChI=1S/C17H19N3O3S/c21-16(8-12-11-24-17-18-6-3-7-20(12)17)19-9-13-10-22-14-4-1-2-5-15(14)23-13/h1-2,4-5,11,13H,3,6-10H2,(H,19,21)/t13-/m1/s1. The number of aliphatic imine (C=N–C) groups is 1. The molecule has 0 aliphatic carbocycles. The van der Waals surface area contributed by atoms with Crippen LogP contribution in [0.4, 0.5) is 0 Å². The van der Waals surface area contributed by atoms with Gasteiger partial charge in [-0.15, -0.1) is 0 Å². The van der Waals surface area contributed by atoms with E-state index >= 15 is 0 Å². The zero-order valence-corrected chi connectivity index (χ0v) is 14.1. The van der Waals surface area contributed by atoms with Crippen LogP contribution in [0, 0.1) is 0 Å². The largest absolute Gasteiger partial charge is 0.486 e. The van der Waals surface area contributed by atoms with Crippen molar-refractivity contribution in [2.45, 2.75) is 18.9 Å². The fourth-order valence-corrected chi connectivity index (χ4v) is 3.85. The van der Waals surface area contributed by atoms with Crippen LogP contribution in [0.2, 0.25) is 0 Å². The zero-order chi connectivity index (χ0) is 16.4. The molecule has 7 heteroatoms. The van der Waals surface area contributed by atoms with Gasteiger partial charge in [-0.25, -0.2) is 0 Å². The highest BCUT2D eigenvalue weighted by Gasteiger charge is 2.27. The number of nitrogens with one attached hydrogen (secondary N) is 1. The van der Waals surface area contributed by atoms with Crippen molar-refractivity contribution in [3.63, 3.8) is 0 Å². The highest BCUT2D eigenvalue weighted by atomic mass is 32.2. The van der Waals surface area contributed by atoms with Gasteiger partial charge in [-0.3, -0.25) is 9.79 Å². The number of hydrogen-bond acceptors (Lipinski definition) is 6. The molecule has 126 valence electrons. The first-order valence-electron chi connectivity index (χ1n) is 8.12. The molecule has 1 amide bonds. The first-order valence-corrected chi connectivity index (χ1v) is 9.00. The number of amides is 1. The van der Waals surface area contributed by atoms with E-state index in [0.717, 1.165) is 41.9 Å². The number of nitrogens with zero attached hydrogens (tertiary/aromatic N) is 2. The van der Waals surface area contributed by atoms with Gasteiger partial charge >= 0.3 is 0 Å². The Morgan fingerprint density at radius 1 is 1.38 bits per heavy atom. The smallest absolute Gasteiger partial charge is 0.226 e. The third-order valence-electron chi connectivity index (χ3n) is 4.10. The molecular weight excluding hydrogens is 326 g/mol. The van der Waals surface area contributed by atoms with E-state index in [1.54, 1.807) is 11.8 Å². The monoisotopic (exact) mass is 345 g/mol. The van der Waals surface area contributed by atoms with Crippen molar-refractivity contribution in [3.8, 4) is 11.5 Å². The molecule has 1 aromatic carbocycles. The third-order valence-corrected chi connectivity index (χ3v) is 5.05. The van der Waals surface area contributed by atoms with Gasteiger partial charge in [-0.2, -0.15) is 0 Å². The number of carbonyl (C=O) groups is 1. The highest BCUT2D eigenvalue weighted by molar-refractivity contribution is 8.16. The number of amidine groups is 1. The van der Waals surface area contributed by atoms with Crippen LogP contribution in [-0.4, -0.2) is 48.3 Å². The maximum absolute atomic E-state index is 12.2. The zero-order valence-electron chi connectivity index (χ0n) is 13.2. The first-order chi connectivity index (χ1) is 11.8. The van der Waals surface area contributed by atoms with E-state index in [0.29, 0.717) is 19.6 Å². The minimum atomic E-state index is -0.164. The van der Waals surface area contributed by atoms with Crippen molar-refractivity contribution in [1.82, 2.24) is 10.2 Å². The summed E-state index contributed by atoms with van der Waals surface area (Å²) in [6, 6.07) is 7.58. The summed E-state index contributed by atoms with van der Waals surface area (Å²) in [6.45, 7) is 2.71. The van der Waals surface area contributed by atoms with Crippen LogP contribution in [-0.2, 0) is 4.79 Å². The number of thioether (sulfide) groups is 1. The average molecular weight is 345 g/mol. The maximum atomic E-state index is 12.2. The number of fused-ring (bicyclic) bond motifs is 2. The molecule has 4 rings (SSSR count). The summed E-state index contributed by atoms with van der Waals surface area (Å²) in [5, 5.41) is 5.99. The Bertz CT molecular complexity index is 704. The Morgan fingerprint density at radius 2 is 2.25 bits per heavy atom. The molecule has 0 aromatic heterocycles. The van der Waals surface area contributed by atoms with Crippen LogP contribution < -0.4 is 14.8 Å². The summed E-state index contributed by atoms with van der Waals surface area (Å²) >= 11 is 1.60. The molecule has 24 heavy (non-hydrogen) atoms. The summed E-state index contributed by atoms with van der Waals surface area (Å²) in [6.07, 6.45) is 1.24. The molecule has 3 heterocycles. The molecule has 0 radical (unpaired) electrons. The second kappa shape index (κ2) is 6.76. The second-order valence-corrected chi connectivity index (χ2v) is 6.71. The molecule has 6 nitrogen and oxygen atoms in total. The number of benzene rings is 1.